The fraction of sp³-hybridized carbons (Fsp3) is 0.545. The van der Waals surface area contributed by atoms with Crippen LogP contribution >= 0.6 is 0 Å². The van der Waals surface area contributed by atoms with Gasteiger partial charge in [0, 0.05) is 6.54 Å². The van der Waals surface area contributed by atoms with Crippen molar-refractivity contribution in [1.29, 1.82) is 0 Å². The standard InChI is InChI=1S/C11H16N2O3/c12-4-3-9-8-15-7-5-13(9)11(14)10-2-1-6-16-10/h1-2,6,9H,3-5,7-8,12H2. The van der Waals surface area contributed by atoms with Gasteiger partial charge in [0.05, 0.1) is 25.5 Å². The third kappa shape index (κ3) is 2.25. The minimum absolute atomic E-state index is 0.0661. The van der Waals surface area contributed by atoms with Gasteiger partial charge in [-0.1, -0.05) is 0 Å². The van der Waals surface area contributed by atoms with E-state index in [0.29, 0.717) is 32.1 Å². The van der Waals surface area contributed by atoms with E-state index in [-0.39, 0.29) is 11.9 Å². The monoisotopic (exact) mass is 224 g/mol. The number of carbonyl (C=O) groups is 1. The third-order valence-corrected chi connectivity index (χ3v) is 2.72. The molecule has 0 spiro atoms. The number of furan rings is 1. The van der Waals surface area contributed by atoms with Crippen molar-refractivity contribution in [1.82, 2.24) is 4.90 Å². The maximum absolute atomic E-state index is 12.1. The predicted octanol–water partition coefficient (Wildman–Crippen LogP) is 0.469. The minimum atomic E-state index is -0.0771. The van der Waals surface area contributed by atoms with Gasteiger partial charge in [-0.25, -0.2) is 0 Å². The molecule has 0 aliphatic carbocycles. The van der Waals surface area contributed by atoms with E-state index in [0.717, 1.165) is 6.42 Å². The first-order chi connectivity index (χ1) is 7.83. The van der Waals surface area contributed by atoms with Gasteiger partial charge < -0.3 is 19.8 Å². The summed E-state index contributed by atoms with van der Waals surface area (Å²) in [4.78, 5) is 13.9. The highest BCUT2D eigenvalue weighted by Gasteiger charge is 2.28. The molecule has 2 N–H and O–H groups in total. The number of hydrogen-bond acceptors (Lipinski definition) is 4. The van der Waals surface area contributed by atoms with Crippen molar-refractivity contribution in [3.05, 3.63) is 24.2 Å². The molecule has 0 aromatic carbocycles. The van der Waals surface area contributed by atoms with Crippen LogP contribution < -0.4 is 5.73 Å². The second-order valence-electron chi connectivity index (χ2n) is 3.78. The molecule has 5 nitrogen and oxygen atoms in total. The van der Waals surface area contributed by atoms with Crippen LogP contribution in [0.2, 0.25) is 0 Å². The van der Waals surface area contributed by atoms with Gasteiger partial charge >= 0.3 is 0 Å². The first-order valence-corrected chi connectivity index (χ1v) is 5.45. The van der Waals surface area contributed by atoms with E-state index in [1.807, 2.05) is 0 Å². The lowest BCUT2D eigenvalue weighted by atomic mass is 10.1. The molecule has 0 saturated carbocycles. The van der Waals surface area contributed by atoms with Gasteiger partial charge in [0.15, 0.2) is 5.76 Å². The zero-order valence-electron chi connectivity index (χ0n) is 9.09. The number of hydrogen-bond donors (Lipinski definition) is 1. The van der Waals surface area contributed by atoms with Crippen molar-refractivity contribution in [2.75, 3.05) is 26.3 Å². The second kappa shape index (κ2) is 5.14. The molecule has 1 aromatic heterocycles. The second-order valence-corrected chi connectivity index (χ2v) is 3.78. The fourth-order valence-corrected chi connectivity index (χ4v) is 1.90. The van der Waals surface area contributed by atoms with Crippen LogP contribution in [0.15, 0.2) is 22.8 Å². The summed E-state index contributed by atoms with van der Waals surface area (Å²) in [6.45, 7) is 2.29. The molecule has 1 amide bonds. The quantitative estimate of drug-likeness (QED) is 0.810. The molecular weight excluding hydrogens is 208 g/mol. The molecule has 1 unspecified atom stereocenters. The Morgan fingerprint density at radius 3 is 3.19 bits per heavy atom. The summed E-state index contributed by atoms with van der Waals surface area (Å²) in [6, 6.07) is 3.46. The predicted molar refractivity (Wildman–Crippen MR) is 58.0 cm³/mol. The van der Waals surface area contributed by atoms with Gasteiger partial charge in [0.2, 0.25) is 0 Å². The molecule has 5 heteroatoms. The van der Waals surface area contributed by atoms with E-state index in [9.17, 15) is 4.79 Å². The smallest absolute Gasteiger partial charge is 0.289 e. The van der Waals surface area contributed by atoms with Gasteiger partial charge in [-0.3, -0.25) is 4.79 Å². The molecule has 2 rings (SSSR count). The number of nitrogens with two attached hydrogens (primary N) is 1. The normalized spacial score (nSPS) is 21.1. The molecule has 2 heterocycles. The molecule has 1 aliphatic rings. The summed E-state index contributed by atoms with van der Waals surface area (Å²) in [5.41, 5.74) is 5.52. The lowest BCUT2D eigenvalue weighted by Crippen LogP contribution is -2.49. The molecule has 1 atom stereocenters. The van der Waals surface area contributed by atoms with E-state index in [2.05, 4.69) is 0 Å². The van der Waals surface area contributed by atoms with Crippen LogP contribution in [-0.2, 0) is 4.74 Å². The first-order valence-electron chi connectivity index (χ1n) is 5.45. The number of rotatable bonds is 3. The maximum atomic E-state index is 12.1. The van der Waals surface area contributed by atoms with E-state index in [1.54, 1.807) is 17.0 Å². The molecular formula is C11H16N2O3. The number of nitrogens with zero attached hydrogens (tertiary/aromatic N) is 1. The summed E-state index contributed by atoms with van der Waals surface area (Å²) in [5.74, 6) is 0.302. The molecule has 16 heavy (non-hydrogen) atoms. The van der Waals surface area contributed by atoms with Crippen molar-refractivity contribution >= 4 is 5.91 Å². The van der Waals surface area contributed by atoms with Gasteiger partial charge in [-0.2, -0.15) is 0 Å². The average molecular weight is 224 g/mol. The molecule has 1 aromatic rings. The van der Waals surface area contributed by atoms with Crippen molar-refractivity contribution < 1.29 is 13.9 Å². The Bertz CT molecular complexity index is 335. The van der Waals surface area contributed by atoms with Crippen molar-refractivity contribution in [2.24, 2.45) is 5.73 Å². The molecule has 1 aliphatic heterocycles. The molecule has 1 saturated heterocycles. The lowest BCUT2D eigenvalue weighted by Gasteiger charge is -2.34. The maximum Gasteiger partial charge on any atom is 0.289 e. The average Bonchev–Trinajstić information content (AvgIpc) is 2.83. The summed E-state index contributed by atoms with van der Waals surface area (Å²) in [6.07, 6.45) is 2.26. The van der Waals surface area contributed by atoms with E-state index >= 15 is 0 Å². The molecule has 88 valence electrons. The Balaban J connectivity index is 2.08. The highest BCUT2D eigenvalue weighted by Crippen LogP contribution is 2.14. The van der Waals surface area contributed by atoms with Crippen LogP contribution in [0.1, 0.15) is 17.0 Å². The molecule has 0 bridgehead atoms. The van der Waals surface area contributed by atoms with E-state index in [1.165, 1.54) is 6.26 Å². The Hall–Kier alpha value is -1.33. The largest absolute Gasteiger partial charge is 0.459 e. The minimum Gasteiger partial charge on any atom is -0.459 e. The van der Waals surface area contributed by atoms with E-state index in [4.69, 9.17) is 14.9 Å². The molecule has 0 radical (unpaired) electrons. The summed E-state index contributed by atoms with van der Waals surface area (Å²) < 4.78 is 10.5. The highest BCUT2D eigenvalue weighted by molar-refractivity contribution is 5.91. The van der Waals surface area contributed by atoms with Crippen molar-refractivity contribution in [3.8, 4) is 0 Å². The van der Waals surface area contributed by atoms with Crippen LogP contribution in [0.25, 0.3) is 0 Å². The van der Waals surface area contributed by atoms with Crippen LogP contribution in [0.5, 0.6) is 0 Å². The fourth-order valence-electron chi connectivity index (χ4n) is 1.90. The van der Waals surface area contributed by atoms with Crippen LogP contribution in [0.4, 0.5) is 0 Å². The Labute approximate surface area is 94.1 Å². The number of carbonyl (C=O) groups excluding carboxylic acids is 1. The zero-order chi connectivity index (χ0) is 11.4. The van der Waals surface area contributed by atoms with Gasteiger partial charge in [-0.15, -0.1) is 0 Å². The summed E-state index contributed by atoms with van der Waals surface area (Å²) in [5, 5.41) is 0. The zero-order valence-corrected chi connectivity index (χ0v) is 9.09. The van der Waals surface area contributed by atoms with Gasteiger partial charge in [0.1, 0.15) is 0 Å². The number of ether oxygens (including phenoxy) is 1. The van der Waals surface area contributed by atoms with Gasteiger partial charge in [-0.05, 0) is 25.1 Å². The first kappa shape index (κ1) is 11.2. The van der Waals surface area contributed by atoms with Crippen LogP contribution in [0.3, 0.4) is 0 Å². The summed E-state index contributed by atoms with van der Waals surface area (Å²) in [7, 11) is 0. The third-order valence-electron chi connectivity index (χ3n) is 2.72. The van der Waals surface area contributed by atoms with Crippen LogP contribution in [0, 0.1) is 0 Å². The van der Waals surface area contributed by atoms with Crippen LogP contribution in [-0.4, -0.2) is 43.2 Å². The van der Waals surface area contributed by atoms with Crippen molar-refractivity contribution in [3.63, 3.8) is 0 Å². The number of morpholine rings is 1. The highest BCUT2D eigenvalue weighted by atomic mass is 16.5. The molecule has 1 fully saturated rings. The Morgan fingerprint density at radius 1 is 1.62 bits per heavy atom. The van der Waals surface area contributed by atoms with E-state index < -0.39 is 0 Å². The van der Waals surface area contributed by atoms with Crippen molar-refractivity contribution in [2.45, 2.75) is 12.5 Å². The topological polar surface area (TPSA) is 68.7 Å². The van der Waals surface area contributed by atoms with Gasteiger partial charge in [0.25, 0.3) is 5.91 Å². The SMILES string of the molecule is NCCC1COCCN1C(=O)c1ccco1. The number of amides is 1. The summed E-state index contributed by atoms with van der Waals surface area (Å²) >= 11 is 0. The Kier molecular flexibility index (Phi) is 3.58. The lowest BCUT2D eigenvalue weighted by molar-refractivity contribution is -0.00497. The Morgan fingerprint density at radius 2 is 2.50 bits per heavy atom.